The minimum absolute atomic E-state index is 0. The average Bonchev–Trinajstić information content (AvgIpc) is 2.24. The molecule has 0 aliphatic carbocycles. The van der Waals surface area contributed by atoms with Crippen LogP contribution in [0, 0.1) is 10.8 Å². The molecule has 0 aliphatic rings. The van der Waals surface area contributed by atoms with Gasteiger partial charge in [-0.2, -0.15) is 0 Å². The first-order valence-electron chi connectivity index (χ1n) is 5.72. The number of hydrogen-bond donors (Lipinski definition) is 1. The zero-order valence-corrected chi connectivity index (χ0v) is 12.6. The molecule has 0 bridgehead atoms. The fourth-order valence-corrected chi connectivity index (χ4v) is 0.948. The van der Waals surface area contributed by atoms with Crippen molar-refractivity contribution in [2.75, 3.05) is 19.8 Å². The molecule has 6 heteroatoms. The van der Waals surface area contributed by atoms with Crippen molar-refractivity contribution in [3.8, 4) is 0 Å². The molecule has 5 nitrogen and oxygen atoms in total. The van der Waals surface area contributed by atoms with E-state index in [4.69, 9.17) is 15.2 Å². The highest BCUT2D eigenvalue weighted by atomic mass is 35.5. The maximum Gasteiger partial charge on any atom is 0.316 e. The van der Waals surface area contributed by atoms with Crippen LogP contribution in [-0.2, 0) is 19.1 Å². The summed E-state index contributed by atoms with van der Waals surface area (Å²) in [6.45, 7) is 8.89. The van der Waals surface area contributed by atoms with E-state index in [1.165, 1.54) is 0 Å². The van der Waals surface area contributed by atoms with Crippen LogP contribution >= 0.6 is 12.4 Å². The number of halogens is 1. The van der Waals surface area contributed by atoms with Crippen molar-refractivity contribution >= 4 is 24.3 Å². The van der Waals surface area contributed by atoms with Crippen LogP contribution in [-0.4, -0.2) is 31.7 Å². The fourth-order valence-electron chi connectivity index (χ4n) is 0.948. The summed E-state index contributed by atoms with van der Waals surface area (Å²) in [5.41, 5.74) is 3.97. The summed E-state index contributed by atoms with van der Waals surface area (Å²) in [5, 5.41) is 0. The number of ether oxygens (including phenoxy) is 2. The lowest BCUT2D eigenvalue weighted by atomic mass is 9.91. The predicted molar refractivity (Wildman–Crippen MR) is 71.5 cm³/mol. The summed E-state index contributed by atoms with van der Waals surface area (Å²) in [4.78, 5) is 23.3. The number of carbonyl (C=O) groups is 2. The van der Waals surface area contributed by atoms with Gasteiger partial charge in [0, 0.05) is 6.54 Å². The molecule has 0 heterocycles. The fraction of sp³-hybridized carbons (Fsp3) is 0.833. The lowest BCUT2D eigenvalue weighted by molar-refractivity contribution is -0.165. The SMILES string of the molecule is CCOC(=O)C(C)(CN)COC(=O)C(C)(C)C.Cl. The Morgan fingerprint density at radius 2 is 1.56 bits per heavy atom. The summed E-state index contributed by atoms with van der Waals surface area (Å²) >= 11 is 0. The Balaban J connectivity index is 0. The van der Waals surface area contributed by atoms with E-state index in [1.54, 1.807) is 34.6 Å². The molecule has 0 aliphatic heterocycles. The van der Waals surface area contributed by atoms with Gasteiger partial charge in [0.2, 0.25) is 0 Å². The Bertz CT molecular complexity index is 288. The maximum absolute atomic E-state index is 11.7. The zero-order valence-electron chi connectivity index (χ0n) is 11.7. The van der Waals surface area contributed by atoms with E-state index in [-0.39, 0.29) is 38.1 Å². The van der Waals surface area contributed by atoms with E-state index >= 15 is 0 Å². The molecule has 0 aromatic carbocycles. The van der Waals surface area contributed by atoms with Crippen molar-refractivity contribution in [3.63, 3.8) is 0 Å². The summed E-state index contributed by atoms with van der Waals surface area (Å²) in [6, 6.07) is 0. The highest BCUT2D eigenvalue weighted by Crippen LogP contribution is 2.21. The normalized spacial score (nSPS) is 14.1. The Hall–Kier alpha value is -0.810. The number of hydrogen-bond acceptors (Lipinski definition) is 5. The smallest absolute Gasteiger partial charge is 0.316 e. The molecule has 0 rings (SSSR count). The van der Waals surface area contributed by atoms with Crippen LogP contribution in [0.15, 0.2) is 0 Å². The first-order valence-corrected chi connectivity index (χ1v) is 5.72. The molecule has 0 radical (unpaired) electrons. The van der Waals surface area contributed by atoms with Crippen molar-refractivity contribution in [3.05, 3.63) is 0 Å². The van der Waals surface area contributed by atoms with E-state index in [0.29, 0.717) is 0 Å². The first kappa shape index (κ1) is 19.5. The van der Waals surface area contributed by atoms with Gasteiger partial charge in [0.15, 0.2) is 0 Å². The largest absolute Gasteiger partial charge is 0.465 e. The van der Waals surface area contributed by atoms with Crippen LogP contribution in [0.1, 0.15) is 34.6 Å². The van der Waals surface area contributed by atoms with Crippen molar-refractivity contribution < 1.29 is 19.1 Å². The van der Waals surface area contributed by atoms with E-state index in [9.17, 15) is 9.59 Å². The molecule has 0 amide bonds. The molecule has 108 valence electrons. The van der Waals surface area contributed by atoms with Crippen LogP contribution in [0.2, 0.25) is 0 Å². The predicted octanol–water partition coefficient (Wildman–Crippen LogP) is 1.53. The standard InChI is InChI=1S/C12H23NO4.ClH/c1-6-16-10(15)12(5,7-13)8-17-9(14)11(2,3)4;/h6-8,13H2,1-5H3;1H. The minimum atomic E-state index is -0.975. The van der Waals surface area contributed by atoms with Gasteiger partial charge in [-0.05, 0) is 34.6 Å². The van der Waals surface area contributed by atoms with Gasteiger partial charge in [0.25, 0.3) is 0 Å². The average molecular weight is 282 g/mol. The van der Waals surface area contributed by atoms with Gasteiger partial charge in [0.1, 0.15) is 12.0 Å². The Labute approximate surface area is 115 Å². The van der Waals surface area contributed by atoms with E-state index < -0.39 is 16.8 Å². The minimum Gasteiger partial charge on any atom is -0.465 e. The van der Waals surface area contributed by atoms with Gasteiger partial charge in [0.05, 0.1) is 12.0 Å². The van der Waals surface area contributed by atoms with E-state index in [2.05, 4.69) is 0 Å². The molecule has 0 saturated carbocycles. The summed E-state index contributed by atoms with van der Waals surface area (Å²) in [6.07, 6.45) is 0. The lowest BCUT2D eigenvalue weighted by Gasteiger charge is -2.26. The number of esters is 2. The Kier molecular flexibility index (Phi) is 8.23. The molecule has 0 spiro atoms. The third kappa shape index (κ3) is 5.69. The molecule has 2 N–H and O–H groups in total. The molecule has 18 heavy (non-hydrogen) atoms. The second kappa shape index (κ2) is 7.59. The zero-order chi connectivity index (χ0) is 13.7. The number of rotatable bonds is 5. The monoisotopic (exact) mass is 281 g/mol. The topological polar surface area (TPSA) is 78.6 Å². The molecule has 0 aromatic heterocycles. The third-order valence-electron chi connectivity index (χ3n) is 2.35. The summed E-state index contributed by atoms with van der Waals surface area (Å²) in [7, 11) is 0. The molecule has 0 aromatic rings. The van der Waals surface area contributed by atoms with Crippen molar-refractivity contribution in [2.24, 2.45) is 16.6 Å². The van der Waals surface area contributed by atoms with E-state index in [0.717, 1.165) is 0 Å². The summed E-state index contributed by atoms with van der Waals surface area (Å²) < 4.78 is 10.0. The number of nitrogens with two attached hydrogens (primary N) is 1. The third-order valence-corrected chi connectivity index (χ3v) is 2.35. The second-order valence-electron chi connectivity index (χ2n) is 5.31. The van der Waals surface area contributed by atoms with Crippen molar-refractivity contribution in [1.82, 2.24) is 0 Å². The molecule has 0 fully saturated rings. The van der Waals surface area contributed by atoms with Gasteiger partial charge >= 0.3 is 11.9 Å². The van der Waals surface area contributed by atoms with Crippen molar-refractivity contribution in [2.45, 2.75) is 34.6 Å². The molecule has 0 saturated heterocycles. The van der Waals surface area contributed by atoms with Crippen LogP contribution in [0.3, 0.4) is 0 Å². The van der Waals surface area contributed by atoms with E-state index in [1.807, 2.05) is 0 Å². The number of carbonyl (C=O) groups excluding carboxylic acids is 2. The molecule has 1 atom stereocenters. The summed E-state index contributed by atoms with van der Waals surface area (Å²) in [5.74, 6) is -0.800. The van der Waals surface area contributed by atoms with Crippen LogP contribution in [0.5, 0.6) is 0 Å². The van der Waals surface area contributed by atoms with Crippen LogP contribution < -0.4 is 5.73 Å². The van der Waals surface area contributed by atoms with Gasteiger partial charge in [-0.1, -0.05) is 0 Å². The Morgan fingerprint density at radius 1 is 1.06 bits per heavy atom. The van der Waals surface area contributed by atoms with Crippen LogP contribution in [0.25, 0.3) is 0 Å². The Morgan fingerprint density at radius 3 is 1.89 bits per heavy atom. The van der Waals surface area contributed by atoms with Gasteiger partial charge < -0.3 is 15.2 Å². The molecular formula is C12H24ClNO4. The maximum atomic E-state index is 11.7. The quantitative estimate of drug-likeness (QED) is 0.773. The highest BCUT2D eigenvalue weighted by molar-refractivity contribution is 5.85. The van der Waals surface area contributed by atoms with Gasteiger partial charge in [-0.25, -0.2) is 0 Å². The van der Waals surface area contributed by atoms with Crippen LogP contribution in [0.4, 0.5) is 0 Å². The van der Waals surface area contributed by atoms with Gasteiger partial charge in [-0.15, -0.1) is 12.4 Å². The first-order chi connectivity index (χ1) is 7.67. The molecule has 1 unspecified atom stereocenters. The van der Waals surface area contributed by atoms with Gasteiger partial charge in [-0.3, -0.25) is 9.59 Å². The highest BCUT2D eigenvalue weighted by Gasteiger charge is 2.36. The molecular weight excluding hydrogens is 258 g/mol. The van der Waals surface area contributed by atoms with Crippen molar-refractivity contribution in [1.29, 1.82) is 0 Å². The lowest BCUT2D eigenvalue weighted by Crippen LogP contribution is -2.42. The second-order valence-corrected chi connectivity index (χ2v) is 5.31.